The molecular weight excluding hydrogens is 210 g/mol. The van der Waals surface area contributed by atoms with Crippen LogP contribution in [-0.4, -0.2) is 18.3 Å². The van der Waals surface area contributed by atoms with E-state index in [1.165, 1.54) is 11.8 Å². The van der Waals surface area contributed by atoms with Crippen molar-refractivity contribution < 1.29 is 9.53 Å². The third-order valence-corrected chi connectivity index (χ3v) is 2.61. The van der Waals surface area contributed by atoms with Gasteiger partial charge >= 0.3 is 5.97 Å². The summed E-state index contributed by atoms with van der Waals surface area (Å²) < 4.78 is 5.13. The number of esters is 1. The lowest BCUT2D eigenvalue weighted by atomic mass is 10.2. The lowest BCUT2D eigenvalue weighted by Crippen LogP contribution is -2.14. The Morgan fingerprint density at radius 3 is 2.67 bits per heavy atom. The highest BCUT2D eigenvalue weighted by Crippen LogP contribution is 2.26. The summed E-state index contributed by atoms with van der Waals surface area (Å²) in [4.78, 5) is 12.6. The smallest absolute Gasteiger partial charge is 0.341 e. The summed E-state index contributed by atoms with van der Waals surface area (Å²) >= 11 is 1.48. The molecule has 0 unspecified atom stereocenters. The van der Waals surface area contributed by atoms with Gasteiger partial charge < -0.3 is 10.5 Å². The van der Waals surface area contributed by atoms with E-state index in [2.05, 4.69) is 0 Å². The SMILES string of the molecule is CSc1cccc(N)c1C(=O)OC(C)C. The van der Waals surface area contributed by atoms with Crippen LogP contribution in [0.3, 0.4) is 0 Å². The molecular formula is C11H15NO2S. The van der Waals surface area contributed by atoms with Gasteiger partial charge in [0.1, 0.15) is 0 Å². The van der Waals surface area contributed by atoms with Crippen molar-refractivity contribution in [2.24, 2.45) is 0 Å². The van der Waals surface area contributed by atoms with Gasteiger partial charge in [-0.05, 0) is 32.2 Å². The van der Waals surface area contributed by atoms with E-state index in [9.17, 15) is 4.79 Å². The summed E-state index contributed by atoms with van der Waals surface area (Å²) in [6.45, 7) is 3.63. The van der Waals surface area contributed by atoms with Crippen molar-refractivity contribution in [2.45, 2.75) is 24.8 Å². The standard InChI is InChI=1S/C11H15NO2S/c1-7(2)14-11(13)10-8(12)5-4-6-9(10)15-3/h4-7H,12H2,1-3H3. The molecule has 0 spiro atoms. The molecule has 0 bridgehead atoms. The van der Waals surface area contributed by atoms with Crippen LogP contribution >= 0.6 is 11.8 Å². The molecule has 15 heavy (non-hydrogen) atoms. The molecule has 0 fully saturated rings. The van der Waals surface area contributed by atoms with E-state index in [-0.39, 0.29) is 12.1 Å². The molecule has 0 heterocycles. The lowest BCUT2D eigenvalue weighted by Gasteiger charge is -2.12. The van der Waals surface area contributed by atoms with E-state index < -0.39 is 0 Å². The third kappa shape index (κ3) is 2.89. The zero-order valence-electron chi connectivity index (χ0n) is 9.11. The number of nitrogens with two attached hydrogens (primary N) is 1. The molecule has 0 aromatic heterocycles. The third-order valence-electron chi connectivity index (χ3n) is 1.83. The fraction of sp³-hybridized carbons (Fsp3) is 0.364. The molecule has 4 heteroatoms. The van der Waals surface area contributed by atoms with E-state index in [0.29, 0.717) is 11.3 Å². The van der Waals surface area contributed by atoms with Crippen LogP contribution in [0.15, 0.2) is 23.1 Å². The molecule has 0 saturated heterocycles. The van der Waals surface area contributed by atoms with Gasteiger partial charge in [0.05, 0.1) is 11.7 Å². The number of carbonyl (C=O) groups is 1. The summed E-state index contributed by atoms with van der Waals surface area (Å²) in [5.41, 5.74) is 6.70. The van der Waals surface area contributed by atoms with Gasteiger partial charge in [-0.15, -0.1) is 11.8 Å². The number of benzene rings is 1. The van der Waals surface area contributed by atoms with Gasteiger partial charge in [-0.1, -0.05) is 6.07 Å². The molecule has 0 aliphatic carbocycles. The fourth-order valence-corrected chi connectivity index (χ4v) is 1.83. The number of anilines is 1. The van der Waals surface area contributed by atoms with Crippen molar-refractivity contribution in [3.63, 3.8) is 0 Å². The zero-order valence-corrected chi connectivity index (χ0v) is 9.93. The summed E-state index contributed by atoms with van der Waals surface area (Å²) in [6.07, 6.45) is 1.77. The molecule has 0 saturated carbocycles. The monoisotopic (exact) mass is 225 g/mol. The van der Waals surface area contributed by atoms with Gasteiger partial charge in [-0.2, -0.15) is 0 Å². The first-order valence-electron chi connectivity index (χ1n) is 4.69. The molecule has 1 aromatic carbocycles. The van der Waals surface area contributed by atoms with E-state index in [1.807, 2.05) is 32.2 Å². The van der Waals surface area contributed by atoms with Crippen LogP contribution in [-0.2, 0) is 4.74 Å². The maximum absolute atomic E-state index is 11.7. The molecule has 0 amide bonds. The Bertz CT molecular complexity index is 364. The van der Waals surface area contributed by atoms with Crippen molar-refractivity contribution >= 4 is 23.4 Å². The molecule has 1 aromatic rings. The number of hydrogen-bond donors (Lipinski definition) is 1. The predicted molar refractivity (Wildman–Crippen MR) is 63.2 cm³/mol. The zero-order chi connectivity index (χ0) is 11.4. The van der Waals surface area contributed by atoms with Crippen molar-refractivity contribution in [2.75, 3.05) is 12.0 Å². The molecule has 3 nitrogen and oxygen atoms in total. The molecule has 1 rings (SSSR count). The van der Waals surface area contributed by atoms with Gasteiger partial charge in [0, 0.05) is 10.6 Å². The average molecular weight is 225 g/mol. The van der Waals surface area contributed by atoms with Crippen molar-refractivity contribution in [1.82, 2.24) is 0 Å². The van der Waals surface area contributed by atoms with Crippen LogP contribution in [0, 0.1) is 0 Å². The Morgan fingerprint density at radius 1 is 1.47 bits per heavy atom. The van der Waals surface area contributed by atoms with Crippen LogP contribution in [0.25, 0.3) is 0 Å². The number of rotatable bonds is 3. The number of nitrogen functional groups attached to an aromatic ring is 1. The van der Waals surface area contributed by atoms with Crippen molar-refractivity contribution in [1.29, 1.82) is 0 Å². The van der Waals surface area contributed by atoms with Gasteiger partial charge in [0.15, 0.2) is 0 Å². The Kier molecular flexibility index (Phi) is 4.03. The minimum absolute atomic E-state index is 0.133. The summed E-state index contributed by atoms with van der Waals surface area (Å²) in [5.74, 6) is -0.354. The highest BCUT2D eigenvalue weighted by molar-refractivity contribution is 7.98. The second kappa shape index (κ2) is 5.07. The van der Waals surface area contributed by atoms with Gasteiger partial charge in [0.2, 0.25) is 0 Å². The van der Waals surface area contributed by atoms with Gasteiger partial charge in [-0.3, -0.25) is 0 Å². The fourth-order valence-electron chi connectivity index (χ4n) is 1.21. The quantitative estimate of drug-likeness (QED) is 0.488. The minimum atomic E-state index is -0.354. The van der Waals surface area contributed by atoms with Crippen LogP contribution in [0.5, 0.6) is 0 Å². The second-order valence-electron chi connectivity index (χ2n) is 3.38. The van der Waals surface area contributed by atoms with E-state index in [1.54, 1.807) is 6.07 Å². The molecule has 0 atom stereocenters. The first kappa shape index (κ1) is 11.9. The Morgan fingerprint density at radius 2 is 2.13 bits per heavy atom. The largest absolute Gasteiger partial charge is 0.459 e. The Hall–Kier alpha value is -1.16. The maximum Gasteiger partial charge on any atom is 0.341 e. The maximum atomic E-state index is 11.7. The number of thioether (sulfide) groups is 1. The molecule has 82 valence electrons. The first-order chi connectivity index (χ1) is 7.06. The number of hydrogen-bond acceptors (Lipinski definition) is 4. The van der Waals surface area contributed by atoms with Crippen LogP contribution in [0.4, 0.5) is 5.69 Å². The van der Waals surface area contributed by atoms with Gasteiger partial charge in [0.25, 0.3) is 0 Å². The van der Waals surface area contributed by atoms with Crippen molar-refractivity contribution in [3.8, 4) is 0 Å². The predicted octanol–water partition coefficient (Wildman–Crippen LogP) is 2.56. The van der Waals surface area contributed by atoms with Crippen LogP contribution in [0.2, 0.25) is 0 Å². The van der Waals surface area contributed by atoms with E-state index in [4.69, 9.17) is 10.5 Å². The highest BCUT2D eigenvalue weighted by Gasteiger charge is 2.16. The minimum Gasteiger partial charge on any atom is -0.459 e. The first-order valence-corrected chi connectivity index (χ1v) is 5.92. The summed E-state index contributed by atoms with van der Waals surface area (Å²) in [7, 11) is 0. The number of carbonyl (C=O) groups excluding carboxylic acids is 1. The van der Waals surface area contributed by atoms with E-state index >= 15 is 0 Å². The Balaban J connectivity index is 3.06. The molecule has 2 N–H and O–H groups in total. The average Bonchev–Trinajstić information content (AvgIpc) is 2.15. The molecule has 0 radical (unpaired) electrons. The highest BCUT2D eigenvalue weighted by atomic mass is 32.2. The number of ether oxygens (including phenoxy) is 1. The summed E-state index contributed by atoms with van der Waals surface area (Å²) in [5, 5.41) is 0. The Labute approximate surface area is 94.0 Å². The van der Waals surface area contributed by atoms with Gasteiger partial charge in [-0.25, -0.2) is 4.79 Å². The van der Waals surface area contributed by atoms with Crippen LogP contribution in [0.1, 0.15) is 24.2 Å². The van der Waals surface area contributed by atoms with Crippen LogP contribution < -0.4 is 5.73 Å². The molecule has 0 aliphatic rings. The summed E-state index contributed by atoms with van der Waals surface area (Å²) in [6, 6.07) is 5.39. The lowest BCUT2D eigenvalue weighted by molar-refractivity contribution is 0.0375. The van der Waals surface area contributed by atoms with E-state index in [0.717, 1.165) is 4.90 Å². The topological polar surface area (TPSA) is 52.3 Å². The second-order valence-corrected chi connectivity index (χ2v) is 4.23. The van der Waals surface area contributed by atoms with Crippen molar-refractivity contribution in [3.05, 3.63) is 23.8 Å². The normalized spacial score (nSPS) is 10.4. The molecule has 0 aliphatic heterocycles.